The van der Waals surface area contributed by atoms with Gasteiger partial charge in [-0.15, -0.1) is 0 Å². The minimum atomic E-state index is -0.904. The normalized spacial score (nSPS) is 21.2. The van der Waals surface area contributed by atoms with Crippen molar-refractivity contribution >= 4 is 5.97 Å². The number of aliphatic hydroxyl groups excluding tert-OH is 1. The highest BCUT2D eigenvalue weighted by molar-refractivity contribution is 5.85. The number of aliphatic hydroxyl groups is 1. The first-order chi connectivity index (χ1) is 7.72. The number of carbonyl (C=O) groups excluding carboxylic acids is 1. The van der Waals surface area contributed by atoms with Gasteiger partial charge in [-0.25, -0.2) is 4.79 Å². The van der Waals surface area contributed by atoms with Gasteiger partial charge >= 0.3 is 5.97 Å². The number of carbonyl (C=O) groups is 1. The van der Waals surface area contributed by atoms with E-state index in [0.717, 1.165) is 0 Å². The molecule has 0 amide bonds. The van der Waals surface area contributed by atoms with E-state index in [4.69, 9.17) is 9.47 Å². The Morgan fingerprint density at radius 2 is 2.06 bits per heavy atom. The molecule has 4 nitrogen and oxygen atoms in total. The standard InChI is InChI=1S/C12H12O4/c1-15-9-7-10(13)16-12(9)11(14)8-5-3-2-4-6-8/h2-7,11-12,14H,1H3. The van der Waals surface area contributed by atoms with E-state index in [1.54, 1.807) is 12.1 Å². The maximum Gasteiger partial charge on any atom is 0.335 e. The highest BCUT2D eigenvalue weighted by Crippen LogP contribution is 2.28. The molecule has 0 radical (unpaired) electrons. The van der Waals surface area contributed by atoms with Crippen molar-refractivity contribution in [1.29, 1.82) is 0 Å². The van der Waals surface area contributed by atoms with Crippen molar-refractivity contribution in [3.63, 3.8) is 0 Å². The molecule has 84 valence electrons. The monoisotopic (exact) mass is 220 g/mol. The molecule has 1 aromatic carbocycles. The Hall–Kier alpha value is -1.81. The molecular weight excluding hydrogens is 208 g/mol. The first-order valence-corrected chi connectivity index (χ1v) is 4.91. The van der Waals surface area contributed by atoms with Crippen molar-refractivity contribution in [2.45, 2.75) is 12.2 Å². The molecule has 1 N–H and O–H groups in total. The lowest BCUT2D eigenvalue weighted by atomic mass is 10.0. The molecule has 1 heterocycles. The molecule has 0 fully saturated rings. The maximum absolute atomic E-state index is 11.1. The van der Waals surface area contributed by atoms with Crippen LogP contribution in [0.2, 0.25) is 0 Å². The van der Waals surface area contributed by atoms with Gasteiger partial charge in [0.05, 0.1) is 13.2 Å². The fourth-order valence-corrected chi connectivity index (χ4v) is 1.64. The summed E-state index contributed by atoms with van der Waals surface area (Å²) in [7, 11) is 1.44. The van der Waals surface area contributed by atoms with E-state index in [1.807, 2.05) is 18.2 Å². The SMILES string of the molecule is COC1=CC(=O)OC1C(O)c1ccccc1. The topological polar surface area (TPSA) is 55.8 Å². The summed E-state index contributed by atoms with van der Waals surface area (Å²) in [5.41, 5.74) is 0.685. The molecule has 1 aliphatic heterocycles. The van der Waals surface area contributed by atoms with Gasteiger partial charge in [-0.05, 0) is 5.56 Å². The zero-order chi connectivity index (χ0) is 11.5. The lowest BCUT2D eigenvalue weighted by molar-refractivity contribution is -0.144. The number of hydrogen-bond acceptors (Lipinski definition) is 4. The summed E-state index contributed by atoms with van der Waals surface area (Å²) in [6, 6.07) is 9.01. The van der Waals surface area contributed by atoms with Gasteiger partial charge in [0.15, 0.2) is 6.10 Å². The smallest absolute Gasteiger partial charge is 0.335 e. The third-order valence-corrected chi connectivity index (χ3v) is 2.45. The number of ether oxygens (including phenoxy) is 2. The molecule has 2 unspecified atom stereocenters. The predicted molar refractivity (Wildman–Crippen MR) is 56.4 cm³/mol. The lowest BCUT2D eigenvalue weighted by Gasteiger charge is -2.19. The van der Waals surface area contributed by atoms with Crippen molar-refractivity contribution in [2.75, 3.05) is 7.11 Å². The summed E-state index contributed by atoms with van der Waals surface area (Å²) >= 11 is 0. The second kappa shape index (κ2) is 4.37. The van der Waals surface area contributed by atoms with Gasteiger partial charge in [0.1, 0.15) is 11.9 Å². The quantitative estimate of drug-likeness (QED) is 0.777. The van der Waals surface area contributed by atoms with E-state index in [2.05, 4.69) is 0 Å². The van der Waals surface area contributed by atoms with E-state index in [9.17, 15) is 9.90 Å². The fraction of sp³-hybridized carbons (Fsp3) is 0.250. The van der Waals surface area contributed by atoms with Gasteiger partial charge in [0, 0.05) is 0 Å². The third kappa shape index (κ3) is 1.92. The number of methoxy groups -OCH3 is 1. The predicted octanol–water partition coefficient (Wildman–Crippen LogP) is 1.18. The molecule has 0 bridgehead atoms. The van der Waals surface area contributed by atoms with Crippen molar-refractivity contribution in [3.8, 4) is 0 Å². The number of esters is 1. The molecule has 0 saturated heterocycles. The zero-order valence-corrected chi connectivity index (χ0v) is 8.79. The minimum Gasteiger partial charge on any atom is -0.497 e. The molecule has 1 aliphatic rings. The highest BCUT2D eigenvalue weighted by atomic mass is 16.6. The Bertz CT molecular complexity index is 410. The highest BCUT2D eigenvalue weighted by Gasteiger charge is 2.34. The molecule has 0 aliphatic carbocycles. The van der Waals surface area contributed by atoms with Gasteiger partial charge in [-0.3, -0.25) is 0 Å². The molecule has 0 saturated carbocycles. The Morgan fingerprint density at radius 3 is 2.69 bits per heavy atom. The van der Waals surface area contributed by atoms with Crippen LogP contribution in [0.4, 0.5) is 0 Å². The first-order valence-electron chi connectivity index (χ1n) is 4.91. The first kappa shape index (κ1) is 10.7. The second-order valence-corrected chi connectivity index (χ2v) is 3.46. The van der Waals surface area contributed by atoms with Crippen LogP contribution in [-0.4, -0.2) is 24.3 Å². The van der Waals surface area contributed by atoms with Crippen LogP contribution in [0.5, 0.6) is 0 Å². The summed E-state index contributed by atoms with van der Waals surface area (Å²) in [4.78, 5) is 11.1. The molecule has 2 atom stereocenters. The molecular formula is C12H12O4. The van der Waals surface area contributed by atoms with Crippen LogP contribution in [0.15, 0.2) is 42.2 Å². The maximum atomic E-state index is 11.1. The lowest BCUT2D eigenvalue weighted by Crippen LogP contribution is -2.22. The molecule has 4 heteroatoms. The summed E-state index contributed by atoms with van der Waals surface area (Å²) in [6.07, 6.45) is -0.407. The summed E-state index contributed by atoms with van der Waals surface area (Å²) in [5.74, 6) is -0.141. The van der Waals surface area contributed by atoms with Crippen molar-refractivity contribution in [2.24, 2.45) is 0 Å². The van der Waals surface area contributed by atoms with Crippen LogP contribution in [0.3, 0.4) is 0 Å². The van der Waals surface area contributed by atoms with Gasteiger partial charge in [-0.1, -0.05) is 30.3 Å². The summed E-state index contributed by atoms with van der Waals surface area (Å²) in [6.45, 7) is 0. The average molecular weight is 220 g/mol. The van der Waals surface area contributed by atoms with Crippen LogP contribution in [0, 0.1) is 0 Å². The average Bonchev–Trinajstić information content (AvgIpc) is 2.70. The van der Waals surface area contributed by atoms with Crippen molar-refractivity contribution in [3.05, 3.63) is 47.7 Å². The van der Waals surface area contributed by atoms with Gasteiger partial charge in [-0.2, -0.15) is 0 Å². The molecule has 16 heavy (non-hydrogen) atoms. The molecule has 2 rings (SSSR count). The molecule has 0 aromatic heterocycles. The Morgan fingerprint density at radius 1 is 1.38 bits per heavy atom. The molecule has 1 aromatic rings. The van der Waals surface area contributed by atoms with E-state index in [1.165, 1.54) is 13.2 Å². The Kier molecular flexibility index (Phi) is 2.92. The largest absolute Gasteiger partial charge is 0.497 e. The van der Waals surface area contributed by atoms with Crippen LogP contribution >= 0.6 is 0 Å². The van der Waals surface area contributed by atoms with E-state index < -0.39 is 18.2 Å². The second-order valence-electron chi connectivity index (χ2n) is 3.46. The zero-order valence-electron chi connectivity index (χ0n) is 8.79. The Labute approximate surface area is 93.1 Å². The van der Waals surface area contributed by atoms with E-state index >= 15 is 0 Å². The Balaban J connectivity index is 2.20. The summed E-state index contributed by atoms with van der Waals surface area (Å²) < 4.78 is 9.97. The van der Waals surface area contributed by atoms with Gasteiger partial charge in [0.25, 0.3) is 0 Å². The van der Waals surface area contributed by atoms with Crippen molar-refractivity contribution < 1.29 is 19.4 Å². The van der Waals surface area contributed by atoms with Gasteiger partial charge in [0.2, 0.25) is 0 Å². The number of cyclic esters (lactones) is 1. The molecule has 0 spiro atoms. The van der Waals surface area contributed by atoms with Crippen LogP contribution in [0.25, 0.3) is 0 Å². The number of hydrogen-bond donors (Lipinski definition) is 1. The van der Waals surface area contributed by atoms with Crippen LogP contribution in [-0.2, 0) is 14.3 Å². The van der Waals surface area contributed by atoms with E-state index in [0.29, 0.717) is 11.3 Å². The third-order valence-electron chi connectivity index (χ3n) is 2.45. The fourth-order valence-electron chi connectivity index (χ4n) is 1.64. The summed E-state index contributed by atoms with van der Waals surface area (Å²) in [5, 5.41) is 10.0. The number of benzene rings is 1. The van der Waals surface area contributed by atoms with Crippen molar-refractivity contribution in [1.82, 2.24) is 0 Å². The number of rotatable bonds is 3. The van der Waals surface area contributed by atoms with Gasteiger partial charge < -0.3 is 14.6 Å². The van der Waals surface area contributed by atoms with Crippen LogP contribution < -0.4 is 0 Å². The minimum absolute atomic E-state index is 0.348. The van der Waals surface area contributed by atoms with Crippen LogP contribution in [0.1, 0.15) is 11.7 Å². The van der Waals surface area contributed by atoms with E-state index in [-0.39, 0.29) is 0 Å².